The minimum Gasteiger partial charge on any atom is -0.289 e. The summed E-state index contributed by atoms with van der Waals surface area (Å²) in [7, 11) is 0. The van der Waals surface area contributed by atoms with Gasteiger partial charge in [-0.25, -0.2) is 5.01 Å². The molecule has 0 spiro atoms. The van der Waals surface area contributed by atoms with E-state index in [1.165, 1.54) is 19.3 Å². The first-order chi connectivity index (χ1) is 4.79. The maximum absolute atomic E-state index is 10.6. The van der Waals surface area contributed by atoms with E-state index >= 15 is 0 Å². The summed E-state index contributed by atoms with van der Waals surface area (Å²) in [4.78, 5) is 10.6. The second kappa shape index (κ2) is 3.56. The molecule has 0 radical (unpaired) electrons. The van der Waals surface area contributed by atoms with Crippen molar-refractivity contribution in [2.75, 3.05) is 13.1 Å². The number of hydrogen-bond donors (Lipinski definition) is 1. The van der Waals surface area contributed by atoms with Gasteiger partial charge in [-0.3, -0.25) is 10.2 Å². The van der Waals surface area contributed by atoms with Gasteiger partial charge in [0.2, 0.25) is 5.91 Å². The van der Waals surface area contributed by atoms with Crippen LogP contribution in [0, 0.1) is 0 Å². The zero-order chi connectivity index (χ0) is 7.40. The van der Waals surface area contributed by atoms with Crippen LogP contribution in [-0.4, -0.2) is 24.0 Å². The van der Waals surface area contributed by atoms with Crippen LogP contribution in [0.2, 0.25) is 0 Å². The van der Waals surface area contributed by atoms with Gasteiger partial charge in [-0.15, -0.1) is 0 Å². The van der Waals surface area contributed by atoms with Gasteiger partial charge < -0.3 is 0 Å². The molecule has 10 heavy (non-hydrogen) atoms. The quantitative estimate of drug-likeness (QED) is 0.589. The Balaban J connectivity index is 0.000001000. The Labute approximate surface area is 62.8 Å². The normalized spacial score (nSPS) is 20.5. The molecular weight excluding hydrogens is 128 g/mol. The molecule has 0 aromatic rings. The standard InChI is InChI=1S/C7H14N2O.H2/c1-7(10)8-9-5-3-2-4-6-9;/h2-6H2,1H3,(H,8,10);1H. The van der Waals surface area contributed by atoms with Crippen molar-refractivity contribution in [2.45, 2.75) is 26.2 Å². The summed E-state index contributed by atoms with van der Waals surface area (Å²) in [5.41, 5.74) is 2.78. The fourth-order valence-corrected chi connectivity index (χ4v) is 1.23. The molecule has 0 saturated carbocycles. The number of nitrogens with zero attached hydrogens (tertiary/aromatic N) is 1. The topological polar surface area (TPSA) is 32.3 Å². The van der Waals surface area contributed by atoms with Crippen molar-refractivity contribution in [1.82, 2.24) is 10.4 Å². The fraction of sp³-hybridized carbons (Fsp3) is 0.857. The van der Waals surface area contributed by atoms with E-state index < -0.39 is 0 Å². The zero-order valence-corrected chi connectivity index (χ0v) is 6.39. The lowest BCUT2D eigenvalue weighted by Gasteiger charge is -2.25. The van der Waals surface area contributed by atoms with Gasteiger partial charge in [0, 0.05) is 21.4 Å². The summed E-state index contributed by atoms with van der Waals surface area (Å²) >= 11 is 0. The van der Waals surface area contributed by atoms with E-state index in [0.717, 1.165) is 13.1 Å². The Morgan fingerprint density at radius 2 is 2.00 bits per heavy atom. The summed E-state index contributed by atoms with van der Waals surface area (Å²) in [6, 6.07) is 0. The van der Waals surface area contributed by atoms with Crippen LogP contribution in [0.3, 0.4) is 0 Å². The SMILES string of the molecule is CC(=O)NN1CCCCC1.[HH]. The molecule has 3 heteroatoms. The Hall–Kier alpha value is -0.570. The van der Waals surface area contributed by atoms with Crippen LogP contribution < -0.4 is 5.43 Å². The van der Waals surface area contributed by atoms with Crippen LogP contribution in [-0.2, 0) is 4.79 Å². The number of amides is 1. The molecule has 3 nitrogen and oxygen atoms in total. The van der Waals surface area contributed by atoms with Crippen LogP contribution in [0.1, 0.15) is 27.6 Å². The second-order valence-electron chi connectivity index (χ2n) is 2.72. The summed E-state index contributed by atoms with van der Waals surface area (Å²) in [6.07, 6.45) is 3.72. The molecular formula is C7H16N2O. The average Bonchev–Trinajstić information content (AvgIpc) is 1.88. The van der Waals surface area contributed by atoms with Crippen molar-refractivity contribution in [2.24, 2.45) is 0 Å². The molecule has 1 heterocycles. The number of hydrogen-bond acceptors (Lipinski definition) is 2. The maximum Gasteiger partial charge on any atom is 0.231 e. The summed E-state index contributed by atoms with van der Waals surface area (Å²) in [5, 5.41) is 1.99. The van der Waals surface area contributed by atoms with Gasteiger partial charge >= 0.3 is 0 Å². The Bertz CT molecular complexity index is 124. The predicted molar refractivity (Wildman–Crippen MR) is 41.4 cm³/mol. The van der Waals surface area contributed by atoms with Crippen molar-refractivity contribution in [1.29, 1.82) is 0 Å². The minimum absolute atomic E-state index is 0. The molecule has 0 atom stereocenters. The molecule has 1 aliphatic heterocycles. The van der Waals surface area contributed by atoms with Gasteiger partial charge in [-0.2, -0.15) is 0 Å². The molecule has 60 valence electrons. The van der Waals surface area contributed by atoms with Crippen molar-refractivity contribution >= 4 is 5.91 Å². The molecule has 0 aliphatic carbocycles. The largest absolute Gasteiger partial charge is 0.289 e. The highest BCUT2D eigenvalue weighted by Crippen LogP contribution is 2.05. The van der Waals surface area contributed by atoms with Crippen LogP contribution in [0.4, 0.5) is 0 Å². The zero-order valence-electron chi connectivity index (χ0n) is 6.39. The number of nitrogens with one attached hydrogen (secondary N) is 1. The van der Waals surface area contributed by atoms with Gasteiger partial charge in [0.15, 0.2) is 0 Å². The number of rotatable bonds is 1. The number of piperidine rings is 1. The van der Waals surface area contributed by atoms with Gasteiger partial charge in [-0.05, 0) is 12.8 Å². The van der Waals surface area contributed by atoms with E-state index in [-0.39, 0.29) is 7.33 Å². The van der Waals surface area contributed by atoms with E-state index in [2.05, 4.69) is 5.43 Å². The highest BCUT2D eigenvalue weighted by molar-refractivity contribution is 5.72. The fourth-order valence-electron chi connectivity index (χ4n) is 1.23. The van der Waals surface area contributed by atoms with E-state index in [0.29, 0.717) is 0 Å². The van der Waals surface area contributed by atoms with Gasteiger partial charge in [0.1, 0.15) is 0 Å². The predicted octanol–water partition coefficient (Wildman–Crippen LogP) is 0.769. The smallest absolute Gasteiger partial charge is 0.231 e. The van der Waals surface area contributed by atoms with Crippen molar-refractivity contribution < 1.29 is 6.22 Å². The Morgan fingerprint density at radius 3 is 2.50 bits per heavy atom. The number of carbonyl (C=O) groups is 1. The first-order valence-corrected chi connectivity index (χ1v) is 3.81. The first kappa shape index (κ1) is 7.54. The third kappa shape index (κ3) is 2.35. The summed E-state index contributed by atoms with van der Waals surface area (Å²) < 4.78 is 0. The molecule has 1 fully saturated rings. The first-order valence-electron chi connectivity index (χ1n) is 3.81. The van der Waals surface area contributed by atoms with E-state index in [9.17, 15) is 4.79 Å². The summed E-state index contributed by atoms with van der Waals surface area (Å²) in [5.74, 6) is 0.0434. The molecule has 0 bridgehead atoms. The minimum atomic E-state index is 0. The van der Waals surface area contributed by atoms with Crippen LogP contribution in [0.15, 0.2) is 0 Å². The van der Waals surface area contributed by atoms with Crippen molar-refractivity contribution in [3.8, 4) is 0 Å². The summed E-state index contributed by atoms with van der Waals surface area (Å²) in [6.45, 7) is 3.58. The molecule has 1 aliphatic rings. The second-order valence-corrected chi connectivity index (χ2v) is 2.72. The van der Waals surface area contributed by atoms with Crippen molar-refractivity contribution in [3.63, 3.8) is 0 Å². The van der Waals surface area contributed by atoms with Gasteiger partial charge in [0.25, 0.3) is 0 Å². The number of carbonyl (C=O) groups excluding carboxylic acids is 1. The third-order valence-corrected chi connectivity index (χ3v) is 1.67. The lowest BCUT2D eigenvalue weighted by atomic mass is 10.2. The molecule has 0 unspecified atom stereocenters. The van der Waals surface area contributed by atoms with Gasteiger partial charge in [0.05, 0.1) is 0 Å². The molecule has 0 aromatic heterocycles. The molecule has 1 rings (SSSR count). The van der Waals surface area contributed by atoms with Gasteiger partial charge in [-0.1, -0.05) is 6.42 Å². The van der Waals surface area contributed by atoms with Crippen LogP contribution in [0.5, 0.6) is 0 Å². The third-order valence-electron chi connectivity index (χ3n) is 1.67. The van der Waals surface area contributed by atoms with E-state index in [1.807, 2.05) is 5.01 Å². The van der Waals surface area contributed by atoms with E-state index in [1.54, 1.807) is 6.92 Å². The Morgan fingerprint density at radius 1 is 1.40 bits per heavy atom. The highest BCUT2D eigenvalue weighted by Gasteiger charge is 2.09. The maximum atomic E-state index is 10.6. The molecule has 1 N–H and O–H groups in total. The lowest BCUT2D eigenvalue weighted by molar-refractivity contribution is -0.124. The number of hydrazine groups is 1. The molecule has 1 amide bonds. The van der Waals surface area contributed by atoms with Crippen LogP contribution >= 0.6 is 0 Å². The highest BCUT2D eigenvalue weighted by atomic mass is 16.2. The monoisotopic (exact) mass is 144 g/mol. The lowest BCUT2D eigenvalue weighted by Crippen LogP contribution is -2.43. The van der Waals surface area contributed by atoms with Crippen LogP contribution in [0.25, 0.3) is 0 Å². The van der Waals surface area contributed by atoms with Crippen molar-refractivity contribution in [3.05, 3.63) is 0 Å². The Kier molecular flexibility index (Phi) is 2.68. The van der Waals surface area contributed by atoms with E-state index in [4.69, 9.17) is 0 Å². The average molecular weight is 144 g/mol. The molecule has 1 saturated heterocycles. The molecule has 0 aromatic carbocycles.